The van der Waals surface area contributed by atoms with Gasteiger partial charge in [-0.3, -0.25) is 28.0 Å². The first-order chi connectivity index (χ1) is 34.1. The highest BCUT2D eigenvalue weighted by atomic mass is 31.3. The Hall–Kier alpha value is -3.35. The van der Waals surface area contributed by atoms with E-state index in [1.165, 1.54) is 51.0 Å². The SMILES string of the molecule is CCCCC/C=C\C=C\C(=O)CCCCCCCC(=O)OC[C@H](COP(=O)(O)OP(=O)(O)OC[C@H]1O[C@@H](n2ccc(N)nc2=O)[C@H](O)[C@@H]1O)OC(=O)CCCCCCCCC/C=C\CCCCCCCC. The second kappa shape index (κ2) is 38.3. The van der Waals surface area contributed by atoms with Crippen LogP contribution in [0.3, 0.4) is 0 Å². The first kappa shape index (κ1) is 63.8. The van der Waals surface area contributed by atoms with E-state index >= 15 is 0 Å². The van der Waals surface area contributed by atoms with Crippen LogP contribution in [0.25, 0.3) is 0 Å². The van der Waals surface area contributed by atoms with Gasteiger partial charge in [0.1, 0.15) is 30.7 Å². The molecule has 0 amide bonds. The van der Waals surface area contributed by atoms with Crippen molar-refractivity contribution >= 4 is 39.2 Å². The monoisotopic (exact) mass is 1050 g/mol. The summed E-state index contributed by atoms with van der Waals surface area (Å²) in [6.07, 6.45) is 30.4. The summed E-state index contributed by atoms with van der Waals surface area (Å²) in [5, 5.41) is 20.9. The van der Waals surface area contributed by atoms with Gasteiger partial charge in [0.25, 0.3) is 0 Å². The number of aromatic nitrogens is 2. The summed E-state index contributed by atoms with van der Waals surface area (Å²) < 4.78 is 56.7. The topological polar surface area (TPSA) is 283 Å². The summed E-state index contributed by atoms with van der Waals surface area (Å²) in [5.41, 5.74) is 4.58. The molecular formula is C50H85N3O16P2. The number of carbonyl (C=O) groups excluding carboxylic acids is 3. The van der Waals surface area contributed by atoms with Crippen molar-refractivity contribution < 1.29 is 71.1 Å². The van der Waals surface area contributed by atoms with Crippen LogP contribution in [0.4, 0.5) is 5.82 Å². The third-order valence-corrected chi connectivity index (χ3v) is 14.3. The van der Waals surface area contributed by atoms with Gasteiger partial charge in [-0.05, 0) is 69.9 Å². The molecule has 2 rings (SSSR count). The van der Waals surface area contributed by atoms with Crippen molar-refractivity contribution in [2.45, 2.75) is 218 Å². The molecule has 2 unspecified atom stereocenters. The number of nitrogens with zero attached hydrogens (tertiary/aromatic N) is 2. The predicted octanol–water partition coefficient (Wildman–Crippen LogP) is 9.96. The van der Waals surface area contributed by atoms with E-state index in [1.54, 1.807) is 12.2 Å². The zero-order chi connectivity index (χ0) is 52.2. The number of aliphatic hydroxyl groups excluding tert-OH is 2. The number of phosphoric acid groups is 2. The number of anilines is 1. The van der Waals surface area contributed by atoms with E-state index in [0.29, 0.717) is 25.7 Å². The number of ether oxygens (including phenoxy) is 3. The zero-order valence-corrected chi connectivity index (χ0v) is 44.1. The van der Waals surface area contributed by atoms with Crippen molar-refractivity contribution in [1.29, 1.82) is 0 Å². The Balaban J connectivity index is 1.82. The van der Waals surface area contributed by atoms with Gasteiger partial charge in [-0.2, -0.15) is 9.29 Å². The number of nitrogens with two attached hydrogens (primary N) is 1. The van der Waals surface area contributed by atoms with Gasteiger partial charge in [-0.15, -0.1) is 0 Å². The molecule has 6 N–H and O–H groups in total. The van der Waals surface area contributed by atoms with Crippen LogP contribution >= 0.6 is 15.6 Å². The van der Waals surface area contributed by atoms with Gasteiger partial charge in [0.05, 0.1) is 13.2 Å². The molecule has 0 aromatic carbocycles. The Morgan fingerprint density at radius 1 is 0.704 bits per heavy atom. The van der Waals surface area contributed by atoms with Gasteiger partial charge < -0.3 is 39.9 Å². The highest BCUT2D eigenvalue weighted by molar-refractivity contribution is 7.61. The molecule has 2 heterocycles. The van der Waals surface area contributed by atoms with Crippen LogP contribution in [0.15, 0.2) is 53.5 Å². The maximum Gasteiger partial charge on any atom is 0.481 e. The number of carbonyl (C=O) groups is 3. The minimum absolute atomic E-state index is 0.0208. The third kappa shape index (κ3) is 31.1. The summed E-state index contributed by atoms with van der Waals surface area (Å²) in [7, 11) is -10.9. The van der Waals surface area contributed by atoms with E-state index in [1.807, 2.05) is 6.08 Å². The second-order valence-electron chi connectivity index (χ2n) is 18.1. The number of aliphatic hydroxyl groups is 2. The van der Waals surface area contributed by atoms with E-state index in [2.05, 4.69) is 41.4 Å². The molecule has 406 valence electrons. The number of unbranched alkanes of at least 4 members (excludes halogenated alkanes) is 20. The lowest BCUT2D eigenvalue weighted by Gasteiger charge is -2.21. The molecular weight excluding hydrogens is 961 g/mol. The smallest absolute Gasteiger partial charge is 0.462 e. The molecule has 1 aliphatic rings. The van der Waals surface area contributed by atoms with Crippen LogP contribution in [0.5, 0.6) is 0 Å². The second-order valence-corrected chi connectivity index (χ2v) is 21.1. The fourth-order valence-corrected chi connectivity index (χ4v) is 9.69. The number of ketones is 1. The largest absolute Gasteiger partial charge is 0.481 e. The zero-order valence-electron chi connectivity index (χ0n) is 42.3. The number of allylic oxidation sites excluding steroid dienone is 6. The number of nitrogen functional groups attached to an aromatic ring is 1. The average Bonchev–Trinajstić information content (AvgIpc) is 3.60. The molecule has 71 heavy (non-hydrogen) atoms. The molecule has 0 spiro atoms. The highest BCUT2D eigenvalue weighted by Gasteiger charge is 2.46. The molecule has 0 aliphatic carbocycles. The molecule has 1 aromatic rings. The van der Waals surface area contributed by atoms with Gasteiger partial charge >= 0.3 is 33.3 Å². The van der Waals surface area contributed by atoms with Crippen molar-refractivity contribution in [2.75, 3.05) is 25.6 Å². The van der Waals surface area contributed by atoms with Crippen LogP contribution in [-0.2, 0) is 51.1 Å². The predicted molar refractivity (Wildman–Crippen MR) is 271 cm³/mol. The van der Waals surface area contributed by atoms with E-state index in [-0.39, 0.29) is 24.4 Å². The molecule has 1 aromatic heterocycles. The maximum absolute atomic E-state index is 12.9. The van der Waals surface area contributed by atoms with E-state index < -0.39 is 83.7 Å². The first-order valence-electron chi connectivity index (χ1n) is 26.0. The number of phosphoric ester groups is 2. The van der Waals surface area contributed by atoms with Crippen molar-refractivity contribution in [1.82, 2.24) is 9.55 Å². The summed E-state index contributed by atoms with van der Waals surface area (Å²) in [4.78, 5) is 74.0. The first-order valence-corrected chi connectivity index (χ1v) is 28.9. The Morgan fingerprint density at radius 3 is 1.85 bits per heavy atom. The molecule has 1 aliphatic heterocycles. The molecule has 1 saturated heterocycles. The Kier molecular flexibility index (Phi) is 34.4. The van der Waals surface area contributed by atoms with Crippen LogP contribution < -0.4 is 11.4 Å². The molecule has 1 fully saturated rings. The normalized spacial score (nSPS) is 19.4. The Labute approximate surface area is 421 Å². The van der Waals surface area contributed by atoms with Crippen molar-refractivity contribution in [3.05, 3.63) is 59.2 Å². The highest BCUT2D eigenvalue weighted by Crippen LogP contribution is 2.60. The van der Waals surface area contributed by atoms with Crippen molar-refractivity contribution in [3.8, 4) is 0 Å². The van der Waals surface area contributed by atoms with Crippen LogP contribution in [0, 0.1) is 0 Å². The van der Waals surface area contributed by atoms with Gasteiger partial charge in [0.15, 0.2) is 18.1 Å². The summed E-state index contributed by atoms with van der Waals surface area (Å²) in [6, 6.07) is 1.24. The fraction of sp³-hybridized carbons (Fsp3) is 0.740. The summed E-state index contributed by atoms with van der Waals surface area (Å²) in [5.74, 6) is -1.33. The number of rotatable bonds is 43. The maximum atomic E-state index is 12.9. The fourth-order valence-electron chi connectivity index (χ4n) is 7.58. The standard InChI is InChI=1S/C50H85N3O16P2/c1-3-5-7-9-11-12-13-14-15-16-17-18-19-20-22-26-31-35-46(56)67-42(38-64-45(55)34-30-27-23-25-29-33-41(54)32-28-24-21-10-8-6-4-2)39-65-70(60,61)69-71(62,63)66-40-43-47(57)48(58)49(68-43)53-37-36-44(51)52-50(53)59/h14-15,21,24,28,32,36-37,42-43,47-49,57-58H,3-13,16-20,22-23,25-27,29-31,33-35,38-40H2,1-2H3,(H,60,61)(H,62,63)(H2,51,52,59)/b15-14-,24-21-,32-28+/t42-,43-,47-,48-,49-/m1/s1. The van der Waals surface area contributed by atoms with Crippen LogP contribution in [-0.4, -0.2) is 91.5 Å². The summed E-state index contributed by atoms with van der Waals surface area (Å²) >= 11 is 0. The van der Waals surface area contributed by atoms with Crippen molar-refractivity contribution in [3.63, 3.8) is 0 Å². The van der Waals surface area contributed by atoms with E-state index in [9.17, 15) is 48.3 Å². The average molecular weight is 1050 g/mol. The molecule has 0 saturated carbocycles. The van der Waals surface area contributed by atoms with Gasteiger partial charge in [-0.25, -0.2) is 13.9 Å². The quantitative estimate of drug-likeness (QED) is 0.0102. The summed E-state index contributed by atoms with van der Waals surface area (Å²) in [6.45, 7) is 1.99. The lowest BCUT2D eigenvalue weighted by molar-refractivity contribution is -0.161. The van der Waals surface area contributed by atoms with E-state index in [0.717, 1.165) is 101 Å². The van der Waals surface area contributed by atoms with Gasteiger partial charge in [0, 0.05) is 25.5 Å². The molecule has 19 nitrogen and oxygen atoms in total. The van der Waals surface area contributed by atoms with Crippen LogP contribution in [0.1, 0.15) is 193 Å². The minimum atomic E-state index is -5.45. The number of hydrogen-bond donors (Lipinski definition) is 5. The molecule has 0 radical (unpaired) electrons. The molecule has 0 bridgehead atoms. The number of esters is 2. The molecule has 7 atom stereocenters. The van der Waals surface area contributed by atoms with E-state index in [4.69, 9.17) is 29.0 Å². The Bertz CT molecular complexity index is 1890. The lowest BCUT2D eigenvalue weighted by Crippen LogP contribution is -2.36. The molecule has 21 heteroatoms. The van der Waals surface area contributed by atoms with Crippen molar-refractivity contribution in [2.24, 2.45) is 0 Å². The Morgan fingerprint density at radius 2 is 1.23 bits per heavy atom. The third-order valence-electron chi connectivity index (χ3n) is 11.7. The lowest BCUT2D eigenvalue weighted by atomic mass is 10.1. The van der Waals surface area contributed by atoms with Gasteiger partial charge in [-0.1, -0.05) is 141 Å². The van der Waals surface area contributed by atoms with Gasteiger partial charge in [0.2, 0.25) is 0 Å². The van der Waals surface area contributed by atoms with Crippen LogP contribution in [0.2, 0.25) is 0 Å². The minimum Gasteiger partial charge on any atom is -0.462 e. The number of hydrogen-bond acceptors (Lipinski definition) is 16.